The van der Waals surface area contributed by atoms with Crippen LogP contribution in [0.4, 0.5) is 21.9 Å². The average Bonchev–Trinajstić information content (AvgIpc) is 2.97. The number of hydrogen-bond donors (Lipinski definition) is 2. The average molecular weight is 366 g/mol. The molecule has 7 heteroatoms. The van der Waals surface area contributed by atoms with Gasteiger partial charge in [0.2, 0.25) is 11.8 Å². The second-order valence-electron chi connectivity index (χ2n) is 6.50. The molecule has 3 rings (SSSR count). The van der Waals surface area contributed by atoms with E-state index in [0.717, 1.165) is 11.3 Å². The Morgan fingerprint density at radius 2 is 1.52 bits per heavy atom. The van der Waals surface area contributed by atoms with Gasteiger partial charge in [-0.2, -0.15) is 0 Å². The third-order valence-electron chi connectivity index (χ3n) is 4.26. The summed E-state index contributed by atoms with van der Waals surface area (Å²) in [6, 6.07) is 14.4. The lowest BCUT2D eigenvalue weighted by molar-refractivity contribution is -0.116. The maximum atomic E-state index is 12.6. The summed E-state index contributed by atoms with van der Waals surface area (Å²) in [6.07, 6.45) is 0. The highest BCUT2D eigenvalue weighted by Crippen LogP contribution is 2.21. The fourth-order valence-electron chi connectivity index (χ4n) is 2.91. The number of amides is 4. The van der Waals surface area contributed by atoms with Crippen molar-refractivity contribution in [1.82, 2.24) is 4.90 Å². The number of urea groups is 1. The quantitative estimate of drug-likeness (QED) is 0.854. The summed E-state index contributed by atoms with van der Waals surface area (Å²) >= 11 is 0. The Labute approximate surface area is 158 Å². The number of benzene rings is 2. The monoisotopic (exact) mass is 366 g/mol. The lowest BCUT2D eigenvalue weighted by atomic mass is 10.2. The second kappa shape index (κ2) is 7.90. The normalized spacial score (nSPS) is 13.6. The third-order valence-corrected chi connectivity index (χ3v) is 4.26. The number of nitrogens with zero attached hydrogens (tertiary/aromatic N) is 2. The summed E-state index contributed by atoms with van der Waals surface area (Å²) in [5, 5.41) is 5.43. The van der Waals surface area contributed by atoms with Crippen LogP contribution < -0.4 is 15.5 Å². The Morgan fingerprint density at radius 3 is 2.11 bits per heavy atom. The molecule has 1 fully saturated rings. The van der Waals surface area contributed by atoms with E-state index < -0.39 is 0 Å². The summed E-state index contributed by atoms with van der Waals surface area (Å²) in [7, 11) is 0. The molecule has 7 nitrogen and oxygen atoms in total. The lowest BCUT2D eigenvalue weighted by Gasteiger charge is -2.18. The van der Waals surface area contributed by atoms with Crippen LogP contribution >= 0.6 is 0 Å². The standard InChI is InChI=1S/C20H22N4O3/c1-14-3-9-18(10-4-14)24-12-11-23(20(24)27)13-19(26)22-17-7-5-16(6-8-17)21-15(2)25/h3-10H,11-13H2,1-2H3,(H,21,25)(H,22,26). The van der Waals surface area contributed by atoms with Crippen LogP contribution in [-0.2, 0) is 9.59 Å². The summed E-state index contributed by atoms with van der Waals surface area (Å²) in [5.74, 6) is -0.418. The molecular formula is C20H22N4O3. The van der Waals surface area contributed by atoms with Crippen molar-refractivity contribution in [1.29, 1.82) is 0 Å². The van der Waals surface area contributed by atoms with Gasteiger partial charge < -0.3 is 15.5 Å². The number of carbonyl (C=O) groups excluding carboxylic acids is 3. The molecule has 140 valence electrons. The zero-order chi connectivity index (χ0) is 19.4. The summed E-state index contributed by atoms with van der Waals surface area (Å²) in [5.41, 5.74) is 3.23. The smallest absolute Gasteiger partial charge is 0.325 e. The Morgan fingerprint density at radius 1 is 0.926 bits per heavy atom. The molecule has 0 bridgehead atoms. The van der Waals surface area contributed by atoms with Crippen molar-refractivity contribution in [3.05, 3.63) is 54.1 Å². The zero-order valence-electron chi connectivity index (χ0n) is 15.4. The predicted molar refractivity (Wildman–Crippen MR) is 105 cm³/mol. The van der Waals surface area contributed by atoms with Crippen molar-refractivity contribution in [2.75, 3.05) is 35.2 Å². The molecule has 27 heavy (non-hydrogen) atoms. The predicted octanol–water partition coefficient (Wildman–Crippen LogP) is 2.83. The third kappa shape index (κ3) is 4.63. The van der Waals surface area contributed by atoms with Gasteiger partial charge in [-0.25, -0.2) is 4.79 Å². The first-order valence-electron chi connectivity index (χ1n) is 8.73. The molecule has 0 radical (unpaired) electrons. The van der Waals surface area contributed by atoms with Gasteiger partial charge >= 0.3 is 6.03 Å². The van der Waals surface area contributed by atoms with Gasteiger partial charge in [-0.3, -0.25) is 14.5 Å². The van der Waals surface area contributed by atoms with Crippen LogP contribution in [0.25, 0.3) is 0 Å². The maximum Gasteiger partial charge on any atom is 0.325 e. The van der Waals surface area contributed by atoms with Crippen LogP contribution in [0.3, 0.4) is 0 Å². The molecular weight excluding hydrogens is 344 g/mol. The minimum Gasteiger partial charge on any atom is -0.326 e. The number of aryl methyl sites for hydroxylation is 1. The Balaban J connectivity index is 1.56. The molecule has 0 atom stereocenters. The van der Waals surface area contributed by atoms with E-state index >= 15 is 0 Å². The van der Waals surface area contributed by atoms with E-state index in [4.69, 9.17) is 0 Å². The molecule has 0 aliphatic carbocycles. The number of nitrogens with one attached hydrogen (secondary N) is 2. The van der Waals surface area contributed by atoms with E-state index in [-0.39, 0.29) is 24.4 Å². The summed E-state index contributed by atoms with van der Waals surface area (Å²) in [4.78, 5) is 39.1. The largest absolute Gasteiger partial charge is 0.326 e. The molecule has 1 aliphatic heterocycles. The SMILES string of the molecule is CC(=O)Nc1ccc(NC(=O)CN2CCN(c3ccc(C)cc3)C2=O)cc1. The minimum atomic E-state index is -0.263. The van der Waals surface area contributed by atoms with Crippen molar-refractivity contribution >= 4 is 34.9 Å². The van der Waals surface area contributed by atoms with Crippen LogP contribution in [0, 0.1) is 6.92 Å². The van der Waals surface area contributed by atoms with Gasteiger partial charge in [-0.05, 0) is 43.3 Å². The van der Waals surface area contributed by atoms with Crippen molar-refractivity contribution < 1.29 is 14.4 Å². The number of hydrogen-bond acceptors (Lipinski definition) is 3. The summed E-state index contributed by atoms with van der Waals surface area (Å²) < 4.78 is 0. The lowest BCUT2D eigenvalue weighted by Crippen LogP contribution is -2.37. The van der Waals surface area contributed by atoms with Crippen LogP contribution in [0.2, 0.25) is 0 Å². The zero-order valence-corrected chi connectivity index (χ0v) is 15.4. The summed E-state index contributed by atoms with van der Waals surface area (Å²) in [6.45, 7) is 4.48. The van der Waals surface area contributed by atoms with E-state index in [1.165, 1.54) is 11.8 Å². The van der Waals surface area contributed by atoms with Gasteiger partial charge in [-0.15, -0.1) is 0 Å². The van der Waals surface area contributed by atoms with E-state index in [0.29, 0.717) is 24.5 Å². The van der Waals surface area contributed by atoms with E-state index in [2.05, 4.69) is 10.6 Å². The molecule has 1 heterocycles. The fourth-order valence-corrected chi connectivity index (χ4v) is 2.91. The second-order valence-corrected chi connectivity index (χ2v) is 6.50. The topological polar surface area (TPSA) is 81.8 Å². The first-order chi connectivity index (χ1) is 12.9. The number of rotatable bonds is 5. The molecule has 0 aromatic heterocycles. The minimum absolute atomic E-state index is 0.00532. The Hall–Kier alpha value is -3.35. The van der Waals surface area contributed by atoms with Gasteiger partial charge in [0, 0.05) is 37.1 Å². The van der Waals surface area contributed by atoms with Gasteiger partial charge in [0.25, 0.3) is 0 Å². The van der Waals surface area contributed by atoms with E-state index in [1.807, 2.05) is 31.2 Å². The molecule has 1 saturated heterocycles. The van der Waals surface area contributed by atoms with Gasteiger partial charge in [0.05, 0.1) is 0 Å². The molecule has 0 spiro atoms. The molecule has 0 saturated carbocycles. The molecule has 2 aromatic carbocycles. The van der Waals surface area contributed by atoms with Gasteiger partial charge in [0.15, 0.2) is 0 Å². The first-order valence-corrected chi connectivity index (χ1v) is 8.73. The van der Waals surface area contributed by atoms with Crippen LogP contribution in [-0.4, -0.2) is 42.4 Å². The van der Waals surface area contributed by atoms with Crippen LogP contribution in [0.5, 0.6) is 0 Å². The van der Waals surface area contributed by atoms with Crippen molar-refractivity contribution in [2.24, 2.45) is 0 Å². The molecule has 4 amide bonds. The number of carbonyl (C=O) groups is 3. The maximum absolute atomic E-state index is 12.6. The Kier molecular flexibility index (Phi) is 5.40. The van der Waals surface area contributed by atoms with Gasteiger partial charge in [0.1, 0.15) is 6.54 Å². The highest BCUT2D eigenvalue weighted by molar-refractivity contribution is 5.99. The van der Waals surface area contributed by atoms with Crippen LogP contribution in [0.1, 0.15) is 12.5 Å². The number of anilines is 3. The fraction of sp³-hybridized carbons (Fsp3) is 0.250. The highest BCUT2D eigenvalue weighted by Gasteiger charge is 2.30. The molecule has 2 aromatic rings. The van der Waals surface area contributed by atoms with Crippen molar-refractivity contribution in [3.8, 4) is 0 Å². The van der Waals surface area contributed by atoms with Crippen LogP contribution in [0.15, 0.2) is 48.5 Å². The Bertz CT molecular complexity index is 847. The van der Waals surface area contributed by atoms with E-state index in [9.17, 15) is 14.4 Å². The van der Waals surface area contributed by atoms with E-state index in [1.54, 1.807) is 29.2 Å². The molecule has 1 aliphatic rings. The van der Waals surface area contributed by atoms with Gasteiger partial charge in [-0.1, -0.05) is 17.7 Å². The van der Waals surface area contributed by atoms with Crippen molar-refractivity contribution in [3.63, 3.8) is 0 Å². The molecule has 2 N–H and O–H groups in total. The highest BCUT2D eigenvalue weighted by atomic mass is 16.2. The first kappa shape index (κ1) is 18.4. The van der Waals surface area contributed by atoms with Crippen molar-refractivity contribution in [2.45, 2.75) is 13.8 Å². The molecule has 0 unspecified atom stereocenters.